The number of rotatable bonds is 3. The largest absolute Gasteiger partial charge is 0.324 e. The molecule has 0 radical (unpaired) electrons. The van der Waals surface area contributed by atoms with Crippen molar-refractivity contribution in [1.29, 1.82) is 0 Å². The van der Waals surface area contributed by atoms with E-state index in [1.54, 1.807) is 22.8 Å². The number of para-hydroxylation sites is 1. The average molecular weight is 347 g/mol. The summed E-state index contributed by atoms with van der Waals surface area (Å²) >= 11 is 3.19. The molecule has 1 heterocycles. The Morgan fingerprint density at radius 3 is 2.52 bits per heavy atom. The van der Waals surface area contributed by atoms with Crippen LogP contribution in [0.15, 0.2) is 53.0 Å². The van der Waals surface area contributed by atoms with Gasteiger partial charge in [0.15, 0.2) is 11.6 Å². The predicted octanol–water partition coefficient (Wildman–Crippen LogP) is 3.29. The Kier molecular flexibility index (Phi) is 3.81. The van der Waals surface area contributed by atoms with Gasteiger partial charge in [0.25, 0.3) is 0 Å². The highest BCUT2D eigenvalue weighted by Crippen LogP contribution is 2.28. The van der Waals surface area contributed by atoms with E-state index in [0.29, 0.717) is 21.7 Å². The van der Waals surface area contributed by atoms with Crippen LogP contribution in [-0.4, -0.2) is 14.8 Å². The lowest BCUT2D eigenvalue weighted by Gasteiger charge is -2.10. The topological polar surface area (TPSA) is 56.7 Å². The van der Waals surface area contributed by atoms with Crippen molar-refractivity contribution in [3.63, 3.8) is 0 Å². The van der Waals surface area contributed by atoms with Gasteiger partial charge >= 0.3 is 0 Å². The molecule has 3 rings (SSSR count). The Hall–Kier alpha value is -2.05. The zero-order valence-electron chi connectivity index (χ0n) is 11.0. The monoisotopic (exact) mass is 346 g/mol. The molecule has 0 amide bonds. The van der Waals surface area contributed by atoms with Crippen LogP contribution in [0.2, 0.25) is 0 Å². The molecule has 2 aromatic carbocycles. The fourth-order valence-electron chi connectivity index (χ4n) is 2.15. The number of aromatic nitrogens is 3. The molecule has 0 spiro atoms. The first-order valence-corrected chi connectivity index (χ1v) is 7.16. The second-order valence-electron chi connectivity index (χ2n) is 4.42. The minimum absolute atomic E-state index is 0.220. The SMILES string of the molecule is NCc1nnc(-c2cccc(Br)c2F)n1-c1ccccc1. The molecule has 1 aromatic heterocycles. The van der Waals surface area contributed by atoms with Gasteiger partial charge in [0.2, 0.25) is 0 Å². The number of halogens is 2. The summed E-state index contributed by atoms with van der Waals surface area (Å²) in [6, 6.07) is 14.6. The Bertz CT molecular complexity index is 771. The normalized spacial score (nSPS) is 10.8. The van der Waals surface area contributed by atoms with Crippen LogP contribution in [0.5, 0.6) is 0 Å². The summed E-state index contributed by atoms with van der Waals surface area (Å²) in [7, 11) is 0. The zero-order valence-corrected chi connectivity index (χ0v) is 12.6. The van der Waals surface area contributed by atoms with Gasteiger partial charge in [-0.25, -0.2) is 4.39 Å². The Morgan fingerprint density at radius 1 is 1.05 bits per heavy atom. The molecule has 0 saturated heterocycles. The molecule has 0 aliphatic carbocycles. The smallest absolute Gasteiger partial charge is 0.171 e. The van der Waals surface area contributed by atoms with Gasteiger partial charge in [0.1, 0.15) is 5.82 Å². The molecule has 0 atom stereocenters. The van der Waals surface area contributed by atoms with Crippen molar-refractivity contribution in [2.75, 3.05) is 0 Å². The molecule has 0 fully saturated rings. The highest BCUT2D eigenvalue weighted by molar-refractivity contribution is 9.10. The lowest BCUT2D eigenvalue weighted by Crippen LogP contribution is -2.08. The van der Waals surface area contributed by atoms with Crippen LogP contribution < -0.4 is 5.73 Å². The van der Waals surface area contributed by atoms with Crippen LogP contribution in [0.25, 0.3) is 17.1 Å². The van der Waals surface area contributed by atoms with E-state index in [0.717, 1.165) is 5.69 Å². The third kappa shape index (κ3) is 2.48. The van der Waals surface area contributed by atoms with E-state index in [4.69, 9.17) is 5.73 Å². The molecule has 21 heavy (non-hydrogen) atoms. The summed E-state index contributed by atoms with van der Waals surface area (Å²) in [4.78, 5) is 0. The molecule has 0 unspecified atom stereocenters. The minimum Gasteiger partial charge on any atom is -0.324 e. The Balaban J connectivity index is 2.25. The summed E-state index contributed by atoms with van der Waals surface area (Å²) in [6.07, 6.45) is 0. The maximum absolute atomic E-state index is 14.3. The van der Waals surface area contributed by atoms with Crippen molar-refractivity contribution in [3.8, 4) is 17.1 Å². The molecule has 0 aliphatic rings. The second kappa shape index (κ2) is 5.75. The number of nitrogens with two attached hydrogens (primary N) is 1. The maximum Gasteiger partial charge on any atom is 0.171 e. The van der Waals surface area contributed by atoms with Gasteiger partial charge < -0.3 is 5.73 Å². The van der Waals surface area contributed by atoms with E-state index in [9.17, 15) is 4.39 Å². The molecule has 0 bridgehead atoms. The van der Waals surface area contributed by atoms with Gasteiger partial charge in [0.05, 0.1) is 16.6 Å². The highest BCUT2D eigenvalue weighted by Gasteiger charge is 2.18. The van der Waals surface area contributed by atoms with E-state index in [1.165, 1.54) is 0 Å². The number of benzene rings is 2. The van der Waals surface area contributed by atoms with Crippen molar-refractivity contribution in [1.82, 2.24) is 14.8 Å². The summed E-state index contributed by atoms with van der Waals surface area (Å²) in [6.45, 7) is 0.220. The second-order valence-corrected chi connectivity index (χ2v) is 5.27. The van der Waals surface area contributed by atoms with E-state index < -0.39 is 0 Å². The van der Waals surface area contributed by atoms with Gasteiger partial charge in [-0.1, -0.05) is 24.3 Å². The molecule has 6 heteroatoms. The van der Waals surface area contributed by atoms with Crippen molar-refractivity contribution >= 4 is 15.9 Å². The predicted molar refractivity (Wildman–Crippen MR) is 82.3 cm³/mol. The van der Waals surface area contributed by atoms with Gasteiger partial charge in [-0.15, -0.1) is 10.2 Å². The lowest BCUT2D eigenvalue weighted by atomic mass is 10.2. The highest BCUT2D eigenvalue weighted by atomic mass is 79.9. The fraction of sp³-hybridized carbons (Fsp3) is 0.0667. The molecular weight excluding hydrogens is 335 g/mol. The van der Waals surface area contributed by atoms with E-state index in [-0.39, 0.29) is 12.4 Å². The molecule has 0 saturated carbocycles. The van der Waals surface area contributed by atoms with Crippen LogP contribution in [0.1, 0.15) is 5.82 Å². The summed E-state index contributed by atoms with van der Waals surface area (Å²) < 4.78 is 16.5. The van der Waals surface area contributed by atoms with Crippen LogP contribution in [0.3, 0.4) is 0 Å². The first-order chi connectivity index (χ1) is 10.2. The molecule has 106 valence electrons. The van der Waals surface area contributed by atoms with Gasteiger partial charge in [-0.2, -0.15) is 0 Å². The van der Waals surface area contributed by atoms with Crippen LogP contribution in [0, 0.1) is 5.82 Å². The molecular formula is C15H12BrFN4. The zero-order chi connectivity index (χ0) is 14.8. The van der Waals surface area contributed by atoms with Gasteiger partial charge in [-0.05, 0) is 40.2 Å². The Labute approximate surface area is 129 Å². The van der Waals surface area contributed by atoms with Crippen molar-refractivity contribution in [3.05, 3.63) is 64.6 Å². The lowest BCUT2D eigenvalue weighted by molar-refractivity contribution is 0.622. The van der Waals surface area contributed by atoms with E-state index >= 15 is 0 Å². The third-order valence-corrected chi connectivity index (χ3v) is 3.73. The van der Waals surface area contributed by atoms with Crippen molar-refractivity contribution in [2.24, 2.45) is 5.73 Å². The first-order valence-electron chi connectivity index (χ1n) is 6.36. The summed E-state index contributed by atoms with van der Waals surface area (Å²) in [5.41, 5.74) is 6.94. The number of nitrogens with zero attached hydrogens (tertiary/aromatic N) is 3. The van der Waals surface area contributed by atoms with E-state index in [2.05, 4.69) is 26.1 Å². The van der Waals surface area contributed by atoms with Crippen molar-refractivity contribution in [2.45, 2.75) is 6.54 Å². The number of hydrogen-bond acceptors (Lipinski definition) is 3. The standard InChI is InChI=1S/C15H12BrFN4/c16-12-8-4-7-11(14(12)17)15-20-19-13(9-18)21(15)10-5-2-1-3-6-10/h1-8H,9,18H2. The van der Waals surface area contributed by atoms with Crippen LogP contribution >= 0.6 is 15.9 Å². The third-order valence-electron chi connectivity index (χ3n) is 3.12. The van der Waals surface area contributed by atoms with Crippen LogP contribution in [-0.2, 0) is 6.54 Å². The molecule has 3 aromatic rings. The molecule has 2 N–H and O–H groups in total. The van der Waals surface area contributed by atoms with Crippen LogP contribution in [0.4, 0.5) is 4.39 Å². The number of hydrogen-bond donors (Lipinski definition) is 1. The molecule has 4 nitrogen and oxygen atoms in total. The Morgan fingerprint density at radius 2 is 1.81 bits per heavy atom. The van der Waals surface area contributed by atoms with E-state index in [1.807, 2.05) is 30.3 Å². The summed E-state index contributed by atoms with van der Waals surface area (Å²) in [5.74, 6) is 0.640. The summed E-state index contributed by atoms with van der Waals surface area (Å²) in [5, 5.41) is 8.17. The molecule has 0 aliphatic heterocycles. The van der Waals surface area contributed by atoms with Gasteiger partial charge in [-0.3, -0.25) is 4.57 Å². The quantitative estimate of drug-likeness (QED) is 0.791. The minimum atomic E-state index is -0.370. The van der Waals surface area contributed by atoms with Crippen molar-refractivity contribution < 1.29 is 4.39 Å². The van der Waals surface area contributed by atoms with Gasteiger partial charge in [0, 0.05) is 5.69 Å². The fourth-order valence-corrected chi connectivity index (χ4v) is 2.51. The average Bonchev–Trinajstić information content (AvgIpc) is 2.94. The first kappa shape index (κ1) is 13.9. The maximum atomic E-state index is 14.3.